The van der Waals surface area contributed by atoms with E-state index >= 15 is 0 Å². The molecule has 0 N–H and O–H groups in total. The highest BCUT2D eigenvalue weighted by Gasteiger charge is 2.25. The van der Waals surface area contributed by atoms with Crippen molar-refractivity contribution in [3.63, 3.8) is 0 Å². The topological polar surface area (TPSA) is 9.23 Å². The predicted octanol–water partition coefficient (Wildman–Crippen LogP) is 1.43. The first-order chi connectivity index (χ1) is 3.34. The maximum atomic E-state index is 5.10. The lowest BCUT2D eigenvalue weighted by Crippen LogP contribution is -2.30. The predicted molar refractivity (Wildman–Crippen MR) is 29.2 cm³/mol. The second-order valence-corrected chi connectivity index (χ2v) is 2.33. The van der Waals surface area contributed by atoms with Gasteiger partial charge < -0.3 is 4.74 Å². The monoisotopic (exact) mass is 100 g/mol. The van der Waals surface area contributed by atoms with Crippen molar-refractivity contribution < 1.29 is 4.74 Å². The fourth-order valence-corrected chi connectivity index (χ4v) is 0.986. The molecule has 0 aromatic rings. The van der Waals surface area contributed by atoms with Gasteiger partial charge in [0.1, 0.15) is 0 Å². The van der Waals surface area contributed by atoms with Crippen molar-refractivity contribution in [3.8, 4) is 0 Å². The Morgan fingerprint density at radius 1 is 1.43 bits per heavy atom. The number of hydrogen-bond donors (Lipinski definition) is 0. The molecule has 1 aliphatic carbocycles. The molecule has 0 bridgehead atoms. The molecule has 0 amide bonds. The lowest BCUT2D eigenvalue weighted by molar-refractivity contribution is -0.00759. The lowest BCUT2D eigenvalue weighted by Gasteiger charge is -2.31. The van der Waals surface area contributed by atoms with E-state index in [1.54, 1.807) is 7.11 Å². The fraction of sp³-hybridized carbons (Fsp3) is 1.00. The highest BCUT2D eigenvalue weighted by molar-refractivity contribution is 4.76. The standard InChI is InChI=1S/C6H12O/c1-5-3-4-6(5)7-2/h5-6H,3-4H2,1-2H3/t5-,6?/m1/s1. The molecule has 2 atom stereocenters. The lowest BCUT2D eigenvalue weighted by atomic mass is 9.84. The molecule has 0 saturated heterocycles. The molecule has 1 nitrogen and oxygen atoms in total. The Bertz CT molecular complexity index is 59.2. The van der Waals surface area contributed by atoms with Crippen LogP contribution in [0.3, 0.4) is 0 Å². The van der Waals surface area contributed by atoms with E-state index in [-0.39, 0.29) is 0 Å². The van der Waals surface area contributed by atoms with Crippen molar-refractivity contribution >= 4 is 0 Å². The Morgan fingerprint density at radius 2 is 2.14 bits per heavy atom. The van der Waals surface area contributed by atoms with Crippen LogP contribution < -0.4 is 0 Å². The average Bonchev–Trinajstić information content (AvgIpc) is 1.65. The van der Waals surface area contributed by atoms with Gasteiger partial charge in [0.25, 0.3) is 0 Å². The van der Waals surface area contributed by atoms with Gasteiger partial charge in [0.05, 0.1) is 6.10 Å². The summed E-state index contributed by atoms with van der Waals surface area (Å²) in [4.78, 5) is 0. The first-order valence-corrected chi connectivity index (χ1v) is 2.87. The Kier molecular flexibility index (Phi) is 1.33. The minimum atomic E-state index is 0.583. The van der Waals surface area contributed by atoms with Crippen molar-refractivity contribution in [2.75, 3.05) is 7.11 Å². The van der Waals surface area contributed by atoms with Crippen LogP contribution in [0.1, 0.15) is 19.8 Å². The number of hydrogen-bond acceptors (Lipinski definition) is 1. The average molecular weight is 100 g/mol. The number of methoxy groups -OCH3 is 1. The smallest absolute Gasteiger partial charge is 0.0597 e. The van der Waals surface area contributed by atoms with Crippen molar-refractivity contribution in [3.05, 3.63) is 0 Å². The molecule has 1 unspecified atom stereocenters. The van der Waals surface area contributed by atoms with E-state index < -0.39 is 0 Å². The molecule has 7 heavy (non-hydrogen) atoms. The molecule has 0 heterocycles. The summed E-state index contributed by atoms with van der Waals surface area (Å²) in [5.41, 5.74) is 0. The molecule has 1 aliphatic rings. The zero-order valence-electron chi connectivity index (χ0n) is 4.98. The third kappa shape index (κ3) is 0.778. The zero-order valence-corrected chi connectivity index (χ0v) is 4.98. The van der Waals surface area contributed by atoms with Gasteiger partial charge in [-0.2, -0.15) is 0 Å². The van der Waals surface area contributed by atoms with Crippen LogP contribution in [-0.4, -0.2) is 13.2 Å². The van der Waals surface area contributed by atoms with Gasteiger partial charge in [-0.05, 0) is 18.8 Å². The van der Waals surface area contributed by atoms with E-state index in [0.717, 1.165) is 5.92 Å². The molecule has 0 aromatic carbocycles. The fourth-order valence-electron chi connectivity index (χ4n) is 0.986. The van der Waals surface area contributed by atoms with Crippen LogP contribution >= 0.6 is 0 Å². The third-order valence-corrected chi connectivity index (χ3v) is 1.84. The molecular weight excluding hydrogens is 88.1 g/mol. The minimum absolute atomic E-state index is 0.583. The molecule has 0 radical (unpaired) electrons. The quantitative estimate of drug-likeness (QED) is 0.484. The van der Waals surface area contributed by atoms with Gasteiger partial charge in [-0.3, -0.25) is 0 Å². The van der Waals surface area contributed by atoms with Gasteiger partial charge in [0.2, 0.25) is 0 Å². The van der Waals surface area contributed by atoms with E-state index in [2.05, 4.69) is 6.92 Å². The van der Waals surface area contributed by atoms with E-state index in [4.69, 9.17) is 4.74 Å². The summed E-state index contributed by atoms with van der Waals surface area (Å²) in [6.45, 7) is 2.23. The van der Waals surface area contributed by atoms with Crippen molar-refractivity contribution in [2.24, 2.45) is 5.92 Å². The second-order valence-electron chi connectivity index (χ2n) is 2.33. The summed E-state index contributed by atoms with van der Waals surface area (Å²) in [5, 5.41) is 0. The van der Waals surface area contributed by atoms with Crippen LogP contribution in [0.15, 0.2) is 0 Å². The Balaban J connectivity index is 2.16. The van der Waals surface area contributed by atoms with Gasteiger partial charge in [-0.15, -0.1) is 0 Å². The highest BCUT2D eigenvalue weighted by atomic mass is 16.5. The maximum absolute atomic E-state index is 5.10. The Labute approximate surface area is 44.7 Å². The van der Waals surface area contributed by atoms with Crippen molar-refractivity contribution in [1.29, 1.82) is 0 Å². The molecule has 42 valence electrons. The SMILES string of the molecule is COC1CC[C@H]1C. The van der Waals surface area contributed by atoms with Gasteiger partial charge in [0, 0.05) is 7.11 Å². The summed E-state index contributed by atoms with van der Waals surface area (Å²) < 4.78 is 5.10. The van der Waals surface area contributed by atoms with Crippen LogP contribution in [0.25, 0.3) is 0 Å². The number of ether oxygens (including phenoxy) is 1. The summed E-state index contributed by atoms with van der Waals surface area (Å²) in [7, 11) is 1.79. The van der Waals surface area contributed by atoms with E-state index in [9.17, 15) is 0 Å². The maximum Gasteiger partial charge on any atom is 0.0597 e. The normalized spacial score (nSPS) is 40.3. The Morgan fingerprint density at radius 3 is 2.14 bits per heavy atom. The van der Waals surface area contributed by atoms with Crippen LogP contribution in [0.2, 0.25) is 0 Å². The first kappa shape index (κ1) is 5.10. The van der Waals surface area contributed by atoms with E-state index in [1.165, 1.54) is 12.8 Å². The zero-order chi connectivity index (χ0) is 5.28. The molecule has 1 heteroatoms. The van der Waals surface area contributed by atoms with Crippen LogP contribution in [0, 0.1) is 5.92 Å². The largest absolute Gasteiger partial charge is 0.381 e. The minimum Gasteiger partial charge on any atom is -0.381 e. The van der Waals surface area contributed by atoms with Gasteiger partial charge >= 0.3 is 0 Å². The van der Waals surface area contributed by atoms with Gasteiger partial charge in [-0.25, -0.2) is 0 Å². The molecule has 0 aliphatic heterocycles. The summed E-state index contributed by atoms with van der Waals surface area (Å²) in [6.07, 6.45) is 3.22. The van der Waals surface area contributed by atoms with E-state index in [0.29, 0.717) is 6.10 Å². The summed E-state index contributed by atoms with van der Waals surface area (Å²) in [6, 6.07) is 0. The molecule has 1 saturated carbocycles. The van der Waals surface area contributed by atoms with Gasteiger partial charge in [-0.1, -0.05) is 6.92 Å². The third-order valence-electron chi connectivity index (χ3n) is 1.84. The summed E-state index contributed by atoms with van der Waals surface area (Å²) in [5.74, 6) is 0.824. The van der Waals surface area contributed by atoms with Crippen molar-refractivity contribution in [2.45, 2.75) is 25.9 Å². The molecule has 0 aromatic heterocycles. The highest BCUT2D eigenvalue weighted by Crippen LogP contribution is 2.28. The van der Waals surface area contributed by atoms with E-state index in [1.807, 2.05) is 0 Å². The van der Waals surface area contributed by atoms with Gasteiger partial charge in [0.15, 0.2) is 0 Å². The van der Waals surface area contributed by atoms with Crippen LogP contribution in [0.4, 0.5) is 0 Å². The molecule has 1 rings (SSSR count). The van der Waals surface area contributed by atoms with Crippen LogP contribution in [-0.2, 0) is 4.74 Å². The molecule has 1 fully saturated rings. The van der Waals surface area contributed by atoms with Crippen LogP contribution in [0.5, 0.6) is 0 Å². The first-order valence-electron chi connectivity index (χ1n) is 2.87. The van der Waals surface area contributed by atoms with Crippen molar-refractivity contribution in [1.82, 2.24) is 0 Å². The Hall–Kier alpha value is -0.0400. The molecular formula is C6H12O. The number of rotatable bonds is 1. The summed E-state index contributed by atoms with van der Waals surface area (Å²) >= 11 is 0. The molecule has 0 spiro atoms. The second kappa shape index (κ2) is 1.83.